The summed E-state index contributed by atoms with van der Waals surface area (Å²) < 4.78 is 6.12. The number of hydrogen-bond acceptors (Lipinski definition) is 2. The van der Waals surface area contributed by atoms with Gasteiger partial charge in [-0.15, -0.1) is 0 Å². The average molecular weight is 366 g/mol. The van der Waals surface area contributed by atoms with E-state index in [4.69, 9.17) is 22.1 Å². The topological polar surface area (TPSA) is 35.2 Å². The van der Waals surface area contributed by atoms with Crippen LogP contribution in [0.25, 0.3) is 0 Å². The van der Waals surface area contributed by atoms with Crippen LogP contribution in [0, 0.1) is 11.3 Å². The van der Waals surface area contributed by atoms with Crippen LogP contribution in [0.2, 0.25) is 5.02 Å². The van der Waals surface area contributed by atoms with Gasteiger partial charge < -0.3 is 10.5 Å². The number of nitrogens with two attached hydrogens (primary N) is 1. The molecule has 142 valence electrons. The standard InChI is InChI=1S/C22H36ClNO/c1-7-18(24)11-16-10-17(22(5,6)14-21(2,3)4)12-19(23)20(16)25-13-15-8-9-15/h10,12,15,18H,7-9,11,13-14,24H2,1-6H3. The summed E-state index contributed by atoms with van der Waals surface area (Å²) in [6.07, 6.45) is 5.42. The molecule has 0 spiro atoms. The maximum Gasteiger partial charge on any atom is 0.141 e. The molecule has 0 saturated heterocycles. The van der Waals surface area contributed by atoms with Gasteiger partial charge in [0.25, 0.3) is 0 Å². The molecule has 2 nitrogen and oxygen atoms in total. The lowest BCUT2D eigenvalue weighted by molar-refractivity contribution is 0.282. The Labute approximate surface area is 159 Å². The first-order chi connectivity index (χ1) is 11.5. The summed E-state index contributed by atoms with van der Waals surface area (Å²) in [6.45, 7) is 14.4. The molecule has 1 aliphatic rings. The molecule has 0 amide bonds. The Balaban J connectivity index is 2.34. The molecule has 1 aromatic carbocycles. The minimum atomic E-state index is 0.0575. The Morgan fingerprint density at radius 3 is 2.36 bits per heavy atom. The van der Waals surface area contributed by atoms with Gasteiger partial charge in [-0.2, -0.15) is 0 Å². The Kier molecular flexibility index (Phi) is 6.49. The Bertz CT molecular complexity index is 584. The van der Waals surface area contributed by atoms with Crippen LogP contribution < -0.4 is 10.5 Å². The smallest absolute Gasteiger partial charge is 0.141 e. The predicted octanol–water partition coefficient (Wildman–Crippen LogP) is 6.12. The van der Waals surface area contributed by atoms with E-state index in [0.717, 1.165) is 36.6 Å². The highest BCUT2D eigenvalue weighted by Crippen LogP contribution is 2.41. The van der Waals surface area contributed by atoms with Crippen LogP contribution in [0.5, 0.6) is 5.75 Å². The van der Waals surface area contributed by atoms with Crippen molar-refractivity contribution in [1.29, 1.82) is 0 Å². The maximum atomic E-state index is 6.68. The number of benzene rings is 1. The van der Waals surface area contributed by atoms with Crippen LogP contribution in [-0.4, -0.2) is 12.6 Å². The van der Waals surface area contributed by atoms with Crippen molar-refractivity contribution in [3.63, 3.8) is 0 Å². The lowest BCUT2D eigenvalue weighted by atomic mass is 9.72. The van der Waals surface area contributed by atoms with E-state index in [9.17, 15) is 0 Å². The molecule has 1 aromatic rings. The van der Waals surface area contributed by atoms with Crippen molar-refractivity contribution < 1.29 is 4.74 Å². The Morgan fingerprint density at radius 2 is 1.84 bits per heavy atom. The number of hydrogen-bond donors (Lipinski definition) is 1. The highest BCUT2D eigenvalue weighted by atomic mass is 35.5. The van der Waals surface area contributed by atoms with Gasteiger partial charge in [0.2, 0.25) is 0 Å². The van der Waals surface area contributed by atoms with E-state index in [1.54, 1.807) is 0 Å². The van der Waals surface area contributed by atoms with Gasteiger partial charge in [-0.25, -0.2) is 0 Å². The lowest BCUT2D eigenvalue weighted by Crippen LogP contribution is -2.26. The summed E-state index contributed by atoms with van der Waals surface area (Å²) in [5.41, 5.74) is 9.02. The van der Waals surface area contributed by atoms with Crippen LogP contribution in [0.3, 0.4) is 0 Å². The molecule has 0 aliphatic heterocycles. The van der Waals surface area contributed by atoms with Crippen molar-refractivity contribution in [2.24, 2.45) is 17.1 Å². The molecular weight excluding hydrogens is 330 g/mol. The third-order valence-electron chi connectivity index (χ3n) is 5.04. The first-order valence-electron chi connectivity index (χ1n) is 9.73. The summed E-state index contributed by atoms with van der Waals surface area (Å²) in [5, 5.41) is 0.735. The second-order valence-corrected chi connectivity index (χ2v) is 10.1. The van der Waals surface area contributed by atoms with Gasteiger partial charge in [0.1, 0.15) is 5.75 Å². The van der Waals surface area contributed by atoms with Crippen molar-refractivity contribution in [3.8, 4) is 5.75 Å². The van der Waals surface area contributed by atoms with Crippen molar-refractivity contribution in [2.75, 3.05) is 6.61 Å². The fourth-order valence-electron chi connectivity index (χ4n) is 3.69. The summed E-state index contributed by atoms with van der Waals surface area (Å²) in [7, 11) is 0. The molecule has 0 bridgehead atoms. The molecule has 2 rings (SSSR count). The van der Waals surface area contributed by atoms with Gasteiger partial charge >= 0.3 is 0 Å². The Morgan fingerprint density at radius 1 is 1.20 bits per heavy atom. The van der Waals surface area contributed by atoms with Gasteiger partial charge in [0.05, 0.1) is 11.6 Å². The highest BCUT2D eigenvalue weighted by molar-refractivity contribution is 6.32. The van der Waals surface area contributed by atoms with Crippen molar-refractivity contribution in [1.82, 2.24) is 0 Å². The number of halogens is 1. The number of rotatable bonds is 8. The van der Waals surface area contributed by atoms with Gasteiger partial charge in [-0.05, 0) is 66.0 Å². The zero-order chi connectivity index (χ0) is 18.8. The van der Waals surface area contributed by atoms with Gasteiger partial charge in [-0.1, -0.05) is 59.2 Å². The molecule has 1 fully saturated rings. The monoisotopic (exact) mass is 365 g/mol. The third kappa shape index (κ3) is 6.18. The van der Waals surface area contributed by atoms with E-state index in [0.29, 0.717) is 5.92 Å². The van der Waals surface area contributed by atoms with Crippen LogP contribution >= 0.6 is 11.6 Å². The average Bonchev–Trinajstić information content (AvgIpc) is 3.27. The van der Waals surface area contributed by atoms with Crippen molar-refractivity contribution in [3.05, 3.63) is 28.3 Å². The summed E-state index contributed by atoms with van der Waals surface area (Å²) in [4.78, 5) is 0. The second kappa shape index (κ2) is 7.88. The minimum absolute atomic E-state index is 0.0575. The third-order valence-corrected chi connectivity index (χ3v) is 5.32. The molecule has 1 aliphatic carbocycles. The molecule has 3 heteroatoms. The fraction of sp³-hybridized carbons (Fsp3) is 0.727. The highest BCUT2D eigenvalue weighted by Gasteiger charge is 2.29. The molecule has 1 unspecified atom stereocenters. The molecular formula is C22H36ClNO. The molecule has 1 saturated carbocycles. The maximum absolute atomic E-state index is 6.68. The SMILES string of the molecule is CCC(N)Cc1cc(C(C)(C)CC(C)(C)C)cc(Cl)c1OCC1CC1. The van der Waals surface area contributed by atoms with Gasteiger partial charge in [0.15, 0.2) is 0 Å². The molecule has 25 heavy (non-hydrogen) atoms. The molecule has 1 atom stereocenters. The first kappa shape index (κ1) is 20.6. The summed E-state index contributed by atoms with van der Waals surface area (Å²) >= 11 is 6.68. The molecule has 0 aromatic heterocycles. The van der Waals surface area contributed by atoms with Crippen LogP contribution in [0.1, 0.15) is 78.4 Å². The van der Waals surface area contributed by atoms with Crippen LogP contribution in [0.15, 0.2) is 12.1 Å². The van der Waals surface area contributed by atoms with E-state index >= 15 is 0 Å². The van der Waals surface area contributed by atoms with E-state index in [1.807, 2.05) is 0 Å². The first-order valence-corrected chi connectivity index (χ1v) is 10.1. The summed E-state index contributed by atoms with van der Waals surface area (Å²) in [6, 6.07) is 4.53. The van der Waals surface area contributed by atoms with Crippen molar-refractivity contribution in [2.45, 2.75) is 85.1 Å². The van der Waals surface area contributed by atoms with E-state index in [2.05, 4.69) is 53.7 Å². The number of ether oxygens (including phenoxy) is 1. The van der Waals surface area contributed by atoms with Gasteiger partial charge in [-0.3, -0.25) is 0 Å². The predicted molar refractivity (Wildman–Crippen MR) is 109 cm³/mol. The second-order valence-electron chi connectivity index (χ2n) is 9.69. The van der Waals surface area contributed by atoms with Crippen LogP contribution in [-0.2, 0) is 11.8 Å². The van der Waals surface area contributed by atoms with Gasteiger partial charge in [0, 0.05) is 6.04 Å². The normalized spacial score (nSPS) is 16.8. The molecule has 0 heterocycles. The minimum Gasteiger partial charge on any atom is -0.491 e. The van der Waals surface area contributed by atoms with Crippen molar-refractivity contribution >= 4 is 11.6 Å². The lowest BCUT2D eigenvalue weighted by Gasteiger charge is -2.34. The van der Waals surface area contributed by atoms with E-state index in [-0.39, 0.29) is 16.9 Å². The zero-order valence-electron chi connectivity index (χ0n) is 16.9. The zero-order valence-corrected chi connectivity index (χ0v) is 17.7. The van der Waals surface area contributed by atoms with E-state index in [1.165, 1.54) is 24.0 Å². The quantitative estimate of drug-likeness (QED) is 0.602. The largest absolute Gasteiger partial charge is 0.491 e. The fourth-order valence-corrected chi connectivity index (χ4v) is 3.99. The van der Waals surface area contributed by atoms with Crippen LogP contribution in [0.4, 0.5) is 0 Å². The molecule has 0 radical (unpaired) electrons. The van der Waals surface area contributed by atoms with E-state index < -0.39 is 0 Å². The Hall–Kier alpha value is -0.730. The molecule has 2 N–H and O–H groups in total. The summed E-state index contributed by atoms with van der Waals surface area (Å²) in [5.74, 6) is 1.56.